The molecule has 7 heteroatoms. The SMILES string of the molecule is CC1(C)OC2[C@@H](O1)C(CO[Si](C)(C)C)O[C@@H]1OC(C)(C)O[C@@H]21. The summed E-state index contributed by atoms with van der Waals surface area (Å²) in [7, 11) is -1.63. The molecule has 3 aliphatic rings. The van der Waals surface area contributed by atoms with Crippen LogP contribution < -0.4 is 0 Å². The van der Waals surface area contributed by atoms with E-state index >= 15 is 0 Å². The minimum absolute atomic E-state index is 0.203. The molecule has 3 fully saturated rings. The maximum absolute atomic E-state index is 6.09. The Morgan fingerprint density at radius 3 is 2.00 bits per heavy atom. The molecule has 0 N–H and O–H groups in total. The highest BCUT2D eigenvalue weighted by Crippen LogP contribution is 2.44. The topological polar surface area (TPSA) is 55.4 Å². The smallest absolute Gasteiger partial charge is 0.190 e. The fourth-order valence-electron chi connectivity index (χ4n) is 3.16. The molecule has 0 saturated carbocycles. The van der Waals surface area contributed by atoms with E-state index in [0.29, 0.717) is 6.61 Å². The van der Waals surface area contributed by atoms with Gasteiger partial charge in [-0.25, -0.2) is 0 Å². The molecule has 22 heavy (non-hydrogen) atoms. The molecule has 0 spiro atoms. The molecule has 0 aromatic heterocycles. The van der Waals surface area contributed by atoms with Crippen molar-refractivity contribution >= 4 is 8.32 Å². The quantitative estimate of drug-likeness (QED) is 0.739. The van der Waals surface area contributed by atoms with Gasteiger partial charge in [0.1, 0.15) is 24.4 Å². The lowest BCUT2D eigenvalue weighted by molar-refractivity contribution is -0.239. The Hall–Kier alpha value is -0.0231. The first-order valence-corrected chi connectivity index (χ1v) is 11.4. The molecule has 3 aliphatic heterocycles. The maximum atomic E-state index is 6.09. The molecule has 3 saturated heterocycles. The van der Waals surface area contributed by atoms with Crippen molar-refractivity contribution in [3.63, 3.8) is 0 Å². The second-order valence-electron chi connectivity index (χ2n) is 8.13. The van der Waals surface area contributed by atoms with Gasteiger partial charge in [-0.15, -0.1) is 0 Å². The molecule has 0 aromatic rings. The van der Waals surface area contributed by atoms with Gasteiger partial charge in [0.15, 0.2) is 26.2 Å². The van der Waals surface area contributed by atoms with Crippen LogP contribution in [0.2, 0.25) is 19.6 Å². The zero-order valence-corrected chi connectivity index (χ0v) is 15.5. The van der Waals surface area contributed by atoms with Crippen LogP contribution in [0.1, 0.15) is 27.7 Å². The fourth-order valence-corrected chi connectivity index (χ4v) is 3.82. The molecule has 3 heterocycles. The van der Waals surface area contributed by atoms with E-state index in [2.05, 4.69) is 19.6 Å². The van der Waals surface area contributed by atoms with E-state index in [1.54, 1.807) is 0 Å². The van der Waals surface area contributed by atoms with E-state index in [1.807, 2.05) is 27.7 Å². The third kappa shape index (κ3) is 3.40. The van der Waals surface area contributed by atoms with Crippen LogP contribution in [0.25, 0.3) is 0 Å². The molecule has 0 bridgehead atoms. The summed E-state index contributed by atoms with van der Waals surface area (Å²) in [5.74, 6) is -1.33. The third-order valence-corrected chi connectivity index (χ3v) is 4.96. The molecule has 5 atom stereocenters. The van der Waals surface area contributed by atoms with Crippen LogP contribution in [-0.2, 0) is 28.1 Å². The van der Waals surface area contributed by atoms with E-state index in [0.717, 1.165) is 0 Å². The molecule has 2 unspecified atom stereocenters. The van der Waals surface area contributed by atoms with Gasteiger partial charge >= 0.3 is 0 Å². The molecule has 6 nitrogen and oxygen atoms in total. The minimum atomic E-state index is -1.63. The number of fused-ring (bicyclic) bond motifs is 3. The van der Waals surface area contributed by atoms with Crippen molar-refractivity contribution in [3.8, 4) is 0 Å². The first-order chi connectivity index (χ1) is 9.96. The van der Waals surface area contributed by atoms with Crippen LogP contribution >= 0.6 is 0 Å². The third-order valence-electron chi connectivity index (χ3n) is 3.93. The Kier molecular flexibility index (Phi) is 4.01. The maximum Gasteiger partial charge on any atom is 0.190 e. The molecule has 0 aromatic carbocycles. The van der Waals surface area contributed by atoms with Crippen molar-refractivity contribution in [2.75, 3.05) is 6.61 Å². The number of hydrogen-bond acceptors (Lipinski definition) is 6. The van der Waals surface area contributed by atoms with Gasteiger partial charge in [0.2, 0.25) is 0 Å². The average molecular weight is 332 g/mol. The number of hydrogen-bond donors (Lipinski definition) is 0. The van der Waals surface area contributed by atoms with Crippen LogP contribution in [0.3, 0.4) is 0 Å². The Balaban J connectivity index is 1.78. The van der Waals surface area contributed by atoms with E-state index < -0.39 is 26.2 Å². The summed E-state index contributed by atoms with van der Waals surface area (Å²) in [6, 6.07) is 0. The summed E-state index contributed by atoms with van der Waals surface area (Å²) in [6.45, 7) is 14.6. The van der Waals surface area contributed by atoms with Crippen molar-refractivity contribution in [2.24, 2.45) is 0 Å². The summed E-state index contributed by atoms with van der Waals surface area (Å²) < 4.78 is 36.1. The summed E-state index contributed by atoms with van der Waals surface area (Å²) in [5.41, 5.74) is 0. The van der Waals surface area contributed by atoms with Crippen LogP contribution in [-0.4, -0.2) is 57.2 Å². The van der Waals surface area contributed by atoms with E-state index in [-0.39, 0.29) is 24.4 Å². The lowest BCUT2D eigenvalue weighted by Gasteiger charge is -2.38. The Labute approximate surface area is 133 Å². The summed E-state index contributed by atoms with van der Waals surface area (Å²) in [6.07, 6.45) is -1.33. The first-order valence-electron chi connectivity index (χ1n) is 7.97. The van der Waals surface area contributed by atoms with Gasteiger partial charge in [-0.05, 0) is 47.3 Å². The van der Waals surface area contributed by atoms with Crippen molar-refractivity contribution in [3.05, 3.63) is 0 Å². The van der Waals surface area contributed by atoms with Crippen LogP contribution in [0.5, 0.6) is 0 Å². The minimum Gasteiger partial charge on any atom is -0.415 e. The van der Waals surface area contributed by atoms with Crippen molar-refractivity contribution in [1.82, 2.24) is 0 Å². The second-order valence-corrected chi connectivity index (χ2v) is 12.6. The van der Waals surface area contributed by atoms with Gasteiger partial charge in [-0.1, -0.05) is 0 Å². The summed E-state index contributed by atoms with van der Waals surface area (Å²) in [5, 5.41) is 0. The predicted octanol–water partition coefficient (Wildman–Crippen LogP) is 2.23. The van der Waals surface area contributed by atoms with Crippen molar-refractivity contribution in [2.45, 2.75) is 89.6 Å². The van der Waals surface area contributed by atoms with Gasteiger partial charge in [0.25, 0.3) is 0 Å². The lowest BCUT2D eigenvalue weighted by atomic mass is 9.99. The Morgan fingerprint density at radius 1 is 0.818 bits per heavy atom. The summed E-state index contributed by atoms with van der Waals surface area (Å²) in [4.78, 5) is 0. The average Bonchev–Trinajstić information content (AvgIpc) is 2.79. The van der Waals surface area contributed by atoms with Gasteiger partial charge < -0.3 is 28.1 Å². The summed E-state index contributed by atoms with van der Waals surface area (Å²) >= 11 is 0. The van der Waals surface area contributed by atoms with Crippen LogP contribution in [0.4, 0.5) is 0 Å². The molecular formula is C15H28O6Si. The molecule has 0 radical (unpaired) electrons. The molecule has 3 rings (SSSR count). The number of ether oxygens (including phenoxy) is 5. The van der Waals surface area contributed by atoms with Crippen LogP contribution in [0.15, 0.2) is 0 Å². The highest BCUT2D eigenvalue weighted by molar-refractivity contribution is 6.69. The van der Waals surface area contributed by atoms with E-state index in [9.17, 15) is 0 Å². The van der Waals surface area contributed by atoms with Gasteiger partial charge in [0, 0.05) is 0 Å². The fraction of sp³-hybridized carbons (Fsp3) is 1.00. The standard InChI is InChI=1S/C15H28O6Si/c1-14(2)18-10-9(8-16-22(5,6)7)17-13-12(11(10)19-14)20-15(3,4)21-13/h9-13H,8H2,1-7H3/t9?,10-,11?,12-,13+/m0/s1. The van der Waals surface area contributed by atoms with Crippen LogP contribution in [0, 0.1) is 0 Å². The van der Waals surface area contributed by atoms with E-state index in [4.69, 9.17) is 28.1 Å². The normalized spacial score (nSPS) is 43.0. The molecule has 0 aliphatic carbocycles. The highest BCUT2D eigenvalue weighted by atomic mass is 28.4. The second kappa shape index (κ2) is 5.24. The predicted molar refractivity (Wildman–Crippen MR) is 81.8 cm³/mol. The van der Waals surface area contributed by atoms with Gasteiger partial charge in [-0.3, -0.25) is 0 Å². The van der Waals surface area contributed by atoms with Gasteiger partial charge in [-0.2, -0.15) is 0 Å². The van der Waals surface area contributed by atoms with Crippen molar-refractivity contribution < 1.29 is 28.1 Å². The Bertz CT molecular complexity index is 432. The largest absolute Gasteiger partial charge is 0.415 e. The number of rotatable bonds is 3. The zero-order chi connectivity index (χ0) is 16.3. The highest BCUT2D eigenvalue weighted by Gasteiger charge is 2.60. The monoisotopic (exact) mass is 332 g/mol. The Morgan fingerprint density at radius 2 is 1.36 bits per heavy atom. The zero-order valence-electron chi connectivity index (χ0n) is 14.5. The lowest BCUT2D eigenvalue weighted by Crippen LogP contribution is -2.56. The van der Waals surface area contributed by atoms with Crippen molar-refractivity contribution in [1.29, 1.82) is 0 Å². The van der Waals surface area contributed by atoms with Gasteiger partial charge in [0.05, 0.1) is 6.61 Å². The molecular weight excluding hydrogens is 304 g/mol. The molecule has 128 valence electrons. The first kappa shape index (κ1) is 16.8. The van der Waals surface area contributed by atoms with E-state index in [1.165, 1.54) is 0 Å². The molecule has 0 amide bonds.